The molecule has 2 aliphatic rings. The molecular weight excluding hydrogens is 150 g/mol. The number of hydrogen-bond acceptors (Lipinski definition) is 2. The lowest BCUT2D eigenvalue weighted by atomic mass is 9.93. The molecule has 1 saturated carbocycles. The maximum absolute atomic E-state index is 9.55. The monoisotopic (exact) mass is 169 g/mol. The van der Waals surface area contributed by atoms with Gasteiger partial charge in [-0.15, -0.1) is 0 Å². The fraction of sp³-hybridized carbons (Fsp3) is 1.00. The van der Waals surface area contributed by atoms with E-state index in [4.69, 9.17) is 0 Å². The summed E-state index contributed by atoms with van der Waals surface area (Å²) >= 11 is 0. The van der Waals surface area contributed by atoms with Gasteiger partial charge in [-0.25, -0.2) is 0 Å². The molecule has 0 amide bonds. The number of rotatable bonds is 3. The average molecular weight is 169 g/mol. The number of hydrogen-bond donors (Lipinski definition) is 1. The molecule has 12 heavy (non-hydrogen) atoms. The van der Waals surface area contributed by atoms with Gasteiger partial charge in [-0.05, 0) is 38.5 Å². The quantitative estimate of drug-likeness (QED) is 0.684. The first-order valence-electron chi connectivity index (χ1n) is 4.99. The van der Waals surface area contributed by atoms with Crippen molar-refractivity contribution in [3.05, 3.63) is 0 Å². The SMILES string of the molecule is CC(C)(O)CN1CC(C2CC2)C1. The maximum Gasteiger partial charge on any atom is 0.0718 e. The van der Waals surface area contributed by atoms with E-state index in [9.17, 15) is 5.11 Å². The molecule has 0 aromatic rings. The van der Waals surface area contributed by atoms with Gasteiger partial charge < -0.3 is 5.11 Å². The van der Waals surface area contributed by atoms with Crippen molar-refractivity contribution < 1.29 is 5.11 Å². The second kappa shape index (κ2) is 2.71. The Balaban J connectivity index is 1.67. The van der Waals surface area contributed by atoms with Crippen molar-refractivity contribution in [2.75, 3.05) is 19.6 Å². The van der Waals surface area contributed by atoms with E-state index in [0.29, 0.717) is 0 Å². The summed E-state index contributed by atoms with van der Waals surface area (Å²) in [5, 5.41) is 9.55. The van der Waals surface area contributed by atoms with Gasteiger partial charge >= 0.3 is 0 Å². The zero-order valence-electron chi connectivity index (χ0n) is 8.08. The molecule has 1 aliphatic carbocycles. The molecule has 0 spiro atoms. The Bertz CT molecular complexity index is 163. The van der Waals surface area contributed by atoms with Crippen molar-refractivity contribution in [3.8, 4) is 0 Å². The van der Waals surface area contributed by atoms with Gasteiger partial charge in [-0.3, -0.25) is 4.90 Å². The lowest BCUT2D eigenvalue weighted by Crippen LogP contribution is -2.52. The third-order valence-corrected chi connectivity index (χ3v) is 2.88. The number of nitrogens with zero attached hydrogens (tertiary/aromatic N) is 1. The highest BCUT2D eigenvalue weighted by Crippen LogP contribution is 2.41. The minimum Gasteiger partial charge on any atom is -0.389 e. The summed E-state index contributed by atoms with van der Waals surface area (Å²) in [4.78, 5) is 2.36. The Kier molecular flexibility index (Phi) is 1.92. The van der Waals surface area contributed by atoms with E-state index in [1.165, 1.54) is 25.9 Å². The van der Waals surface area contributed by atoms with Crippen LogP contribution >= 0.6 is 0 Å². The van der Waals surface area contributed by atoms with Crippen LogP contribution < -0.4 is 0 Å². The van der Waals surface area contributed by atoms with Crippen LogP contribution in [0.25, 0.3) is 0 Å². The fourth-order valence-electron chi connectivity index (χ4n) is 2.15. The minimum atomic E-state index is -0.505. The number of β-amino-alcohol motifs (C(OH)–C–C–N with tert-alkyl or cyclic N) is 1. The van der Waals surface area contributed by atoms with Gasteiger partial charge in [0.15, 0.2) is 0 Å². The highest BCUT2D eigenvalue weighted by molar-refractivity contribution is 4.92. The van der Waals surface area contributed by atoms with Crippen LogP contribution in [0.1, 0.15) is 26.7 Å². The molecule has 0 atom stereocenters. The van der Waals surface area contributed by atoms with Crippen LogP contribution in [0.15, 0.2) is 0 Å². The van der Waals surface area contributed by atoms with Gasteiger partial charge in [-0.2, -0.15) is 0 Å². The first-order chi connectivity index (χ1) is 5.54. The average Bonchev–Trinajstić information content (AvgIpc) is 2.56. The molecule has 1 N–H and O–H groups in total. The normalized spacial score (nSPS) is 27.2. The van der Waals surface area contributed by atoms with Gasteiger partial charge in [0.25, 0.3) is 0 Å². The molecule has 2 nitrogen and oxygen atoms in total. The predicted molar refractivity (Wildman–Crippen MR) is 49.0 cm³/mol. The Hall–Kier alpha value is -0.0800. The van der Waals surface area contributed by atoms with E-state index in [0.717, 1.165) is 18.4 Å². The highest BCUT2D eigenvalue weighted by atomic mass is 16.3. The molecule has 2 rings (SSSR count). The van der Waals surface area contributed by atoms with Crippen LogP contribution in [-0.4, -0.2) is 35.2 Å². The first kappa shape index (κ1) is 8.52. The van der Waals surface area contributed by atoms with Crippen molar-refractivity contribution in [1.82, 2.24) is 4.90 Å². The van der Waals surface area contributed by atoms with Crippen molar-refractivity contribution >= 4 is 0 Å². The van der Waals surface area contributed by atoms with E-state index in [2.05, 4.69) is 4.90 Å². The smallest absolute Gasteiger partial charge is 0.0718 e. The van der Waals surface area contributed by atoms with E-state index in [1.807, 2.05) is 13.8 Å². The van der Waals surface area contributed by atoms with Gasteiger partial charge in [0.1, 0.15) is 0 Å². The van der Waals surface area contributed by atoms with E-state index < -0.39 is 5.60 Å². The molecule has 0 aromatic heterocycles. The van der Waals surface area contributed by atoms with Crippen LogP contribution in [0.4, 0.5) is 0 Å². The Morgan fingerprint density at radius 1 is 1.25 bits per heavy atom. The molecular formula is C10H19NO. The van der Waals surface area contributed by atoms with Gasteiger partial charge in [0.2, 0.25) is 0 Å². The molecule has 1 saturated heterocycles. The lowest BCUT2D eigenvalue weighted by molar-refractivity contribution is -0.0126. The molecule has 0 aromatic carbocycles. The summed E-state index contributed by atoms with van der Waals surface area (Å²) in [6.07, 6.45) is 2.92. The van der Waals surface area contributed by atoms with E-state index in [1.54, 1.807) is 0 Å². The summed E-state index contributed by atoms with van der Waals surface area (Å²) in [5.74, 6) is 2.01. The molecule has 2 fully saturated rings. The minimum absolute atomic E-state index is 0.505. The zero-order chi connectivity index (χ0) is 8.77. The molecule has 2 heteroatoms. The molecule has 0 unspecified atom stereocenters. The lowest BCUT2D eigenvalue weighted by Gasteiger charge is -2.42. The predicted octanol–water partition coefficient (Wildman–Crippen LogP) is 1.10. The summed E-state index contributed by atoms with van der Waals surface area (Å²) in [6.45, 7) is 7.08. The number of likely N-dealkylation sites (tertiary alicyclic amines) is 1. The maximum atomic E-state index is 9.55. The molecule has 0 radical (unpaired) electrons. The van der Waals surface area contributed by atoms with Gasteiger partial charge in [0, 0.05) is 19.6 Å². The van der Waals surface area contributed by atoms with E-state index in [-0.39, 0.29) is 0 Å². The van der Waals surface area contributed by atoms with Crippen LogP contribution in [0.5, 0.6) is 0 Å². The summed E-state index contributed by atoms with van der Waals surface area (Å²) in [6, 6.07) is 0. The largest absolute Gasteiger partial charge is 0.389 e. The topological polar surface area (TPSA) is 23.5 Å². The third kappa shape index (κ3) is 1.99. The third-order valence-electron chi connectivity index (χ3n) is 2.88. The molecule has 1 heterocycles. The highest BCUT2D eigenvalue weighted by Gasteiger charge is 2.40. The summed E-state index contributed by atoms with van der Waals surface area (Å²) in [5.41, 5.74) is -0.505. The Morgan fingerprint density at radius 2 is 1.83 bits per heavy atom. The molecule has 70 valence electrons. The second-order valence-electron chi connectivity index (χ2n) is 5.10. The Morgan fingerprint density at radius 3 is 2.25 bits per heavy atom. The van der Waals surface area contributed by atoms with Gasteiger partial charge in [0.05, 0.1) is 5.60 Å². The molecule has 1 aliphatic heterocycles. The van der Waals surface area contributed by atoms with Crippen molar-refractivity contribution in [2.24, 2.45) is 11.8 Å². The molecule has 0 bridgehead atoms. The fourth-order valence-corrected chi connectivity index (χ4v) is 2.15. The van der Waals surface area contributed by atoms with Crippen molar-refractivity contribution in [2.45, 2.75) is 32.3 Å². The second-order valence-corrected chi connectivity index (χ2v) is 5.10. The zero-order valence-corrected chi connectivity index (χ0v) is 8.08. The van der Waals surface area contributed by atoms with Crippen LogP contribution in [-0.2, 0) is 0 Å². The van der Waals surface area contributed by atoms with Gasteiger partial charge in [-0.1, -0.05) is 0 Å². The van der Waals surface area contributed by atoms with Crippen LogP contribution in [0.2, 0.25) is 0 Å². The summed E-state index contributed by atoms with van der Waals surface area (Å²) < 4.78 is 0. The van der Waals surface area contributed by atoms with Crippen LogP contribution in [0, 0.1) is 11.8 Å². The van der Waals surface area contributed by atoms with Crippen molar-refractivity contribution in [1.29, 1.82) is 0 Å². The van der Waals surface area contributed by atoms with E-state index >= 15 is 0 Å². The van der Waals surface area contributed by atoms with Crippen LogP contribution in [0.3, 0.4) is 0 Å². The number of aliphatic hydroxyl groups is 1. The van der Waals surface area contributed by atoms with Crippen molar-refractivity contribution in [3.63, 3.8) is 0 Å². The Labute approximate surface area is 74.6 Å². The first-order valence-corrected chi connectivity index (χ1v) is 4.99. The standard InChI is InChI=1S/C10H19NO/c1-10(2,12)7-11-5-9(6-11)8-3-4-8/h8-9,12H,3-7H2,1-2H3. The summed E-state index contributed by atoms with van der Waals surface area (Å²) in [7, 11) is 0.